The molecule has 6 nitrogen and oxygen atoms in total. The minimum absolute atomic E-state index is 0.0852. The summed E-state index contributed by atoms with van der Waals surface area (Å²) in [5.41, 5.74) is -3.82. The maximum absolute atomic E-state index is 15.2. The van der Waals surface area contributed by atoms with Gasteiger partial charge in [0, 0.05) is 17.3 Å². The van der Waals surface area contributed by atoms with Gasteiger partial charge in [0.15, 0.2) is 11.6 Å². The van der Waals surface area contributed by atoms with E-state index in [1.165, 1.54) is 12.3 Å². The smallest absolute Gasteiger partial charge is 0.292 e. The fraction of sp³-hybridized carbons (Fsp3) is 0.105. The minimum Gasteiger partial charge on any atom is -0.292 e. The first kappa shape index (κ1) is 25.1. The highest BCUT2D eigenvalue weighted by atomic mass is 79.9. The fourth-order valence-electron chi connectivity index (χ4n) is 2.96. The van der Waals surface area contributed by atoms with E-state index < -0.39 is 65.6 Å². The second-order valence-electron chi connectivity index (χ2n) is 6.49. The van der Waals surface area contributed by atoms with Crippen molar-refractivity contribution in [2.75, 3.05) is 0 Å². The molecular weight excluding hydrogens is 561 g/mol. The van der Waals surface area contributed by atoms with Gasteiger partial charge in [0.25, 0.3) is 0 Å². The van der Waals surface area contributed by atoms with Gasteiger partial charge in [-0.3, -0.25) is 4.79 Å². The van der Waals surface area contributed by atoms with Gasteiger partial charge in [0.1, 0.15) is 15.5 Å². The SMILES string of the molecule is NS(=O)(=O)c1c(C(F)(F)F)ccc(-c2cccc(C(=O)C(Br)c3ccnc(Cl)n3)c2F)c1F. The molecule has 1 atom stereocenters. The van der Waals surface area contributed by atoms with Gasteiger partial charge in [-0.15, -0.1) is 0 Å². The molecule has 0 aliphatic carbocycles. The molecule has 0 saturated carbocycles. The molecule has 0 bridgehead atoms. The Labute approximate surface area is 196 Å². The molecule has 33 heavy (non-hydrogen) atoms. The van der Waals surface area contributed by atoms with Crippen LogP contribution in [-0.2, 0) is 16.2 Å². The Morgan fingerprint density at radius 2 is 1.70 bits per heavy atom. The van der Waals surface area contributed by atoms with Gasteiger partial charge in [-0.2, -0.15) is 13.2 Å². The molecule has 0 aliphatic rings. The highest BCUT2D eigenvalue weighted by molar-refractivity contribution is 9.09. The van der Waals surface area contributed by atoms with Crippen LogP contribution in [0.5, 0.6) is 0 Å². The number of hydrogen-bond donors (Lipinski definition) is 1. The summed E-state index contributed by atoms with van der Waals surface area (Å²) < 4.78 is 93.2. The van der Waals surface area contributed by atoms with Crippen molar-refractivity contribution in [2.24, 2.45) is 5.14 Å². The zero-order chi connectivity index (χ0) is 24.7. The number of hydrogen-bond acceptors (Lipinski definition) is 5. The number of primary sulfonamides is 1. The lowest BCUT2D eigenvalue weighted by Gasteiger charge is -2.16. The highest BCUT2D eigenvalue weighted by Gasteiger charge is 2.39. The molecule has 2 N–H and O–H groups in total. The van der Waals surface area contributed by atoms with Crippen LogP contribution in [0.4, 0.5) is 22.0 Å². The largest absolute Gasteiger partial charge is 0.417 e. The highest BCUT2D eigenvalue weighted by Crippen LogP contribution is 2.39. The molecule has 0 spiro atoms. The predicted molar refractivity (Wildman–Crippen MR) is 111 cm³/mol. The molecule has 14 heteroatoms. The second kappa shape index (κ2) is 9.05. The maximum Gasteiger partial charge on any atom is 0.417 e. The van der Waals surface area contributed by atoms with Crippen LogP contribution in [0.2, 0.25) is 5.28 Å². The van der Waals surface area contributed by atoms with Crippen molar-refractivity contribution in [2.45, 2.75) is 15.9 Å². The normalized spacial score (nSPS) is 13.1. The standard InChI is InChI=1S/C19H10BrClF5N3O3S/c20-13(12-6-7-28-18(21)29-12)16(30)10-3-1-2-8(14(10)22)9-4-5-11(19(24,25)26)17(15(9)23)33(27,31)32/h1-7,13H,(H2,27,31,32). The number of carbonyl (C=O) groups is 1. The van der Waals surface area contributed by atoms with Crippen molar-refractivity contribution in [3.63, 3.8) is 0 Å². The number of ketones is 1. The number of benzene rings is 2. The van der Waals surface area contributed by atoms with Crippen LogP contribution < -0.4 is 5.14 Å². The number of halogens is 7. The minimum atomic E-state index is -5.25. The molecule has 1 aromatic heterocycles. The molecule has 0 aliphatic heterocycles. The van der Waals surface area contributed by atoms with Crippen LogP contribution in [0.15, 0.2) is 47.5 Å². The van der Waals surface area contributed by atoms with E-state index in [-0.39, 0.29) is 17.0 Å². The average molecular weight is 571 g/mol. The lowest BCUT2D eigenvalue weighted by Crippen LogP contribution is -2.21. The summed E-state index contributed by atoms with van der Waals surface area (Å²) in [7, 11) is -5.19. The first-order chi connectivity index (χ1) is 15.2. The second-order valence-corrected chi connectivity index (χ2v) is 9.24. The quantitative estimate of drug-likeness (QED) is 0.200. The van der Waals surface area contributed by atoms with Crippen LogP contribution in [0.1, 0.15) is 26.4 Å². The number of nitrogens with zero attached hydrogens (tertiary/aromatic N) is 2. The Morgan fingerprint density at radius 3 is 2.27 bits per heavy atom. The lowest BCUT2D eigenvalue weighted by molar-refractivity contribution is -0.140. The third-order valence-electron chi connectivity index (χ3n) is 4.38. The molecule has 0 fully saturated rings. The number of carbonyl (C=O) groups excluding carboxylic acids is 1. The predicted octanol–water partition coefficient (Wildman–Crippen LogP) is 5.06. The third-order valence-corrected chi connectivity index (χ3v) is 6.41. The van der Waals surface area contributed by atoms with E-state index in [2.05, 4.69) is 25.9 Å². The molecule has 0 saturated heterocycles. The molecule has 0 amide bonds. The summed E-state index contributed by atoms with van der Waals surface area (Å²) in [6.07, 6.45) is -4.00. The van der Waals surface area contributed by atoms with Gasteiger partial charge in [0.2, 0.25) is 15.3 Å². The Bertz CT molecular complexity index is 1370. The van der Waals surface area contributed by atoms with Crippen molar-refractivity contribution in [3.05, 3.63) is 76.3 Å². The summed E-state index contributed by atoms with van der Waals surface area (Å²) >= 11 is 8.74. The molecular formula is C19H10BrClF5N3O3S. The number of Topliss-reactive ketones (excluding diaryl/α,β-unsaturated/α-hetero) is 1. The van der Waals surface area contributed by atoms with Crippen molar-refractivity contribution in [3.8, 4) is 11.1 Å². The number of sulfonamides is 1. The average Bonchev–Trinajstić information content (AvgIpc) is 2.71. The van der Waals surface area contributed by atoms with Crippen molar-refractivity contribution >= 4 is 43.3 Å². The van der Waals surface area contributed by atoms with Gasteiger partial charge < -0.3 is 0 Å². The monoisotopic (exact) mass is 569 g/mol. The van der Waals surface area contributed by atoms with E-state index in [0.717, 1.165) is 18.2 Å². The van der Waals surface area contributed by atoms with E-state index in [0.29, 0.717) is 6.07 Å². The number of aromatic nitrogens is 2. The zero-order valence-electron chi connectivity index (χ0n) is 15.9. The summed E-state index contributed by atoms with van der Waals surface area (Å²) in [6, 6.07) is 5.32. The molecule has 174 valence electrons. The third kappa shape index (κ3) is 5.05. The van der Waals surface area contributed by atoms with E-state index in [4.69, 9.17) is 16.7 Å². The Balaban J connectivity index is 2.17. The first-order valence-corrected chi connectivity index (χ1v) is 11.5. The first-order valence-electron chi connectivity index (χ1n) is 8.61. The van der Waals surface area contributed by atoms with E-state index in [9.17, 15) is 30.8 Å². The Morgan fingerprint density at radius 1 is 1.06 bits per heavy atom. The maximum atomic E-state index is 15.2. The molecule has 1 unspecified atom stereocenters. The fourth-order valence-corrected chi connectivity index (χ4v) is 4.46. The number of rotatable bonds is 5. The van der Waals surface area contributed by atoms with Gasteiger partial charge in [0.05, 0.1) is 16.8 Å². The number of alkyl halides is 4. The van der Waals surface area contributed by atoms with Crippen molar-refractivity contribution < 1.29 is 35.2 Å². The van der Waals surface area contributed by atoms with Crippen molar-refractivity contribution in [1.29, 1.82) is 0 Å². The summed E-state index contributed by atoms with van der Waals surface area (Å²) in [5, 5.41) is 4.61. The van der Waals surface area contributed by atoms with Crippen LogP contribution in [0, 0.1) is 11.6 Å². The summed E-state index contributed by atoms with van der Waals surface area (Å²) in [6.45, 7) is 0. The summed E-state index contributed by atoms with van der Waals surface area (Å²) in [5.74, 6) is -4.08. The van der Waals surface area contributed by atoms with E-state index in [1.54, 1.807) is 0 Å². The molecule has 3 rings (SSSR count). The molecule has 0 radical (unpaired) electrons. The van der Waals surface area contributed by atoms with Gasteiger partial charge >= 0.3 is 6.18 Å². The summed E-state index contributed by atoms with van der Waals surface area (Å²) in [4.78, 5) is 17.3. The molecule has 3 aromatic rings. The topological polar surface area (TPSA) is 103 Å². The van der Waals surface area contributed by atoms with Crippen LogP contribution in [0.3, 0.4) is 0 Å². The lowest BCUT2D eigenvalue weighted by atomic mass is 9.97. The van der Waals surface area contributed by atoms with E-state index >= 15 is 4.39 Å². The van der Waals surface area contributed by atoms with Crippen LogP contribution in [-0.4, -0.2) is 24.2 Å². The number of nitrogens with two attached hydrogens (primary N) is 1. The van der Waals surface area contributed by atoms with Gasteiger partial charge in [-0.05, 0) is 29.8 Å². The van der Waals surface area contributed by atoms with Gasteiger partial charge in [-0.25, -0.2) is 32.3 Å². The van der Waals surface area contributed by atoms with E-state index in [1.807, 2.05) is 0 Å². The molecule has 2 aromatic carbocycles. The Kier molecular flexibility index (Phi) is 6.89. The van der Waals surface area contributed by atoms with Crippen molar-refractivity contribution in [1.82, 2.24) is 9.97 Å². The van der Waals surface area contributed by atoms with Crippen LogP contribution >= 0.6 is 27.5 Å². The zero-order valence-corrected chi connectivity index (χ0v) is 19.0. The Hall–Kier alpha value is -2.48. The van der Waals surface area contributed by atoms with Gasteiger partial charge in [-0.1, -0.05) is 34.1 Å². The molecule has 1 heterocycles. The van der Waals surface area contributed by atoms with Crippen LogP contribution in [0.25, 0.3) is 11.1 Å².